The Morgan fingerprint density at radius 1 is 0.950 bits per heavy atom. The normalized spacial score (nSPS) is 12.4. The zero-order chi connectivity index (χ0) is 14.5. The number of halogens is 1. The lowest BCUT2D eigenvalue weighted by molar-refractivity contribution is 0.522. The topological polar surface area (TPSA) is 38.0 Å². The summed E-state index contributed by atoms with van der Waals surface area (Å²) in [6.07, 6.45) is 1.81. The van der Waals surface area contributed by atoms with E-state index in [1.165, 1.54) is 22.3 Å². The molecule has 2 nitrogen and oxygen atoms in total. The van der Waals surface area contributed by atoms with E-state index >= 15 is 0 Å². The Balaban J connectivity index is 2.04. The molecule has 2 aromatic carbocycles. The number of hydrazine groups is 1. The van der Waals surface area contributed by atoms with Gasteiger partial charge in [0.15, 0.2) is 0 Å². The van der Waals surface area contributed by atoms with Gasteiger partial charge >= 0.3 is 0 Å². The average Bonchev–Trinajstić information content (AvgIpc) is 2.44. The molecule has 0 saturated heterocycles. The molecule has 106 valence electrons. The molecule has 0 saturated carbocycles. The summed E-state index contributed by atoms with van der Waals surface area (Å²) in [7, 11) is 0. The van der Waals surface area contributed by atoms with Crippen LogP contribution in [0.1, 0.15) is 22.3 Å². The number of hydrogen-bond acceptors (Lipinski definition) is 2. The molecular weight excluding hydrogens is 268 g/mol. The second kappa shape index (κ2) is 6.89. The molecule has 0 aliphatic rings. The van der Waals surface area contributed by atoms with E-state index in [4.69, 9.17) is 17.4 Å². The van der Waals surface area contributed by atoms with Crippen molar-refractivity contribution >= 4 is 11.6 Å². The van der Waals surface area contributed by atoms with Gasteiger partial charge in [-0.1, -0.05) is 41.9 Å². The van der Waals surface area contributed by atoms with Crippen LogP contribution >= 0.6 is 11.6 Å². The van der Waals surface area contributed by atoms with Crippen molar-refractivity contribution in [3.05, 3.63) is 69.7 Å². The molecule has 0 heterocycles. The van der Waals surface area contributed by atoms with Crippen LogP contribution in [-0.2, 0) is 12.8 Å². The monoisotopic (exact) mass is 288 g/mol. The first-order valence-corrected chi connectivity index (χ1v) is 7.23. The summed E-state index contributed by atoms with van der Waals surface area (Å²) < 4.78 is 0. The van der Waals surface area contributed by atoms with Gasteiger partial charge < -0.3 is 0 Å². The van der Waals surface area contributed by atoms with E-state index in [2.05, 4.69) is 37.5 Å². The van der Waals surface area contributed by atoms with E-state index in [1.807, 2.05) is 24.3 Å². The lowest BCUT2D eigenvalue weighted by Gasteiger charge is -2.17. The number of hydrogen-bond donors (Lipinski definition) is 2. The van der Waals surface area contributed by atoms with Crippen LogP contribution in [-0.4, -0.2) is 6.04 Å². The first-order chi connectivity index (χ1) is 9.58. The van der Waals surface area contributed by atoms with Crippen molar-refractivity contribution in [1.82, 2.24) is 5.43 Å². The summed E-state index contributed by atoms with van der Waals surface area (Å²) in [6.45, 7) is 4.27. The molecule has 0 spiro atoms. The second-order valence-corrected chi connectivity index (χ2v) is 5.75. The molecule has 0 aromatic heterocycles. The third kappa shape index (κ3) is 4.07. The molecule has 2 aromatic rings. The van der Waals surface area contributed by atoms with Gasteiger partial charge in [0, 0.05) is 11.1 Å². The molecule has 0 radical (unpaired) electrons. The lowest BCUT2D eigenvalue weighted by atomic mass is 9.97. The van der Waals surface area contributed by atoms with Crippen molar-refractivity contribution in [2.45, 2.75) is 32.7 Å². The maximum Gasteiger partial charge on any atom is 0.0406 e. The Morgan fingerprint density at radius 3 is 2.15 bits per heavy atom. The van der Waals surface area contributed by atoms with Gasteiger partial charge in [-0.05, 0) is 61.1 Å². The zero-order valence-corrected chi connectivity index (χ0v) is 12.7. The summed E-state index contributed by atoms with van der Waals surface area (Å²) in [4.78, 5) is 0. The van der Waals surface area contributed by atoms with Crippen LogP contribution in [0.25, 0.3) is 0 Å². The van der Waals surface area contributed by atoms with Crippen LogP contribution in [0.15, 0.2) is 42.5 Å². The first kappa shape index (κ1) is 15.0. The van der Waals surface area contributed by atoms with E-state index in [1.54, 1.807) is 0 Å². The summed E-state index contributed by atoms with van der Waals surface area (Å²) in [5, 5.41) is 0.764. The average molecular weight is 289 g/mol. The van der Waals surface area contributed by atoms with Gasteiger partial charge in [-0.15, -0.1) is 0 Å². The predicted molar refractivity (Wildman–Crippen MR) is 85.9 cm³/mol. The minimum absolute atomic E-state index is 0.221. The quantitative estimate of drug-likeness (QED) is 0.652. The Kier molecular flexibility index (Phi) is 5.18. The third-order valence-electron chi connectivity index (χ3n) is 3.68. The van der Waals surface area contributed by atoms with E-state index in [0.29, 0.717) is 0 Å². The van der Waals surface area contributed by atoms with Gasteiger partial charge in [-0.2, -0.15) is 0 Å². The smallest absolute Gasteiger partial charge is 0.0406 e. The largest absolute Gasteiger partial charge is 0.271 e. The summed E-state index contributed by atoms with van der Waals surface area (Å²) in [6, 6.07) is 14.7. The summed E-state index contributed by atoms with van der Waals surface area (Å²) >= 11 is 5.90. The Labute approximate surface area is 125 Å². The number of rotatable bonds is 5. The fourth-order valence-corrected chi connectivity index (χ4v) is 2.44. The van der Waals surface area contributed by atoms with Crippen molar-refractivity contribution in [2.24, 2.45) is 5.84 Å². The fraction of sp³-hybridized carbons (Fsp3) is 0.294. The standard InChI is InChI=1S/C17H21ClN2/c1-12-3-4-15(9-13(12)2)11-17(20-19)10-14-5-7-16(18)8-6-14/h3-9,17,20H,10-11,19H2,1-2H3. The minimum atomic E-state index is 0.221. The molecule has 0 amide bonds. The van der Waals surface area contributed by atoms with Gasteiger partial charge in [0.2, 0.25) is 0 Å². The van der Waals surface area contributed by atoms with Crippen LogP contribution in [0.4, 0.5) is 0 Å². The van der Waals surface area contributed by atoms with Crippen LogP contribution in [0.5, 0.6) is 0 Å². The molecular formula is C17H21ClN2. The van der Waals surface area contributed by atoms with E-state index in [9.17, 15) is 0 Å². The molecule has 20 heavy (non-hydrogen) atoms. The SMILES string of the molecule is Cc1ccc(CC(Cc2ccc(Cl)cc2)NN)cc1C. The zero-order valence-electron chi connectivity index (χ0n) is 12.0. The Morgan fingerprint density at radius 2 is 1.55 bits per heavy atom. The number of aryl methyl sites for hydroxylation is 2. The van der Waals surface area contributed by atoms with Crippen molar-refractivity contribution in [3.63, 3.8) is 0 Å². The number of nitrogens with two attached hydrogens (primary N) is 1. The van der Waals surface area contributed by atoms with Gasteiger partial charge in [-0.3, -0.25) is 11.3 Å². The van der Waals surface area contributed by atoms with Gasteiger partial charge in [-0.25, -0.2) is 0 Å². The maximum atomic E-state index is 5.90. The highest BCUT2D eigenvalue weighted by Gasteiger charge is 2.09. The number of benzene rings is 2. The van der Waals surface area contributed by atoms with Crippen molar-refractivity contribution in [1.29, 1.82) is 0 Å². The second-order valence-electron chi connectivity index (χ2n) is 5.32. The minimum Gasteiger partial charge on any atom is -0.271 e. The van der Waals surface area contributed by atoms with Gasteiger partial charge in [0.25, 0.3) is 0 Å². The number of nitrogens with one attached hydrogen (secondary N) is 1. The Hall–Kier alpha value is -1.35. The van der Waals surface area contributed by atoms with Crippen molar-refractivity contribution < 1.29 is 0 Å². The molecule has 0 aliphatic carbocycles. The molecule has 1 unspecified atom stereocenters. The predicted octanol–water partition coefficient (Wildman–Crippen LogP) is 3.57. The van der Waals surface area contributed by atoms with E-state index < -0.39 is 0 Å². The van der Waals surface area contributed by atoms with E-state index in [-0.39, 0.29) is 6.04 Å². The molecule has 3 heteroatoms. The van der Waals surface area contributed by atoms with Crippen LogP contribution < -0.4 is 11.3 Å². The van der Waals surface area contributed by atoms with Crippen molar-refractivity contribution in [2.75, 3.05) is 0 Å². The highest BCUT2D eigenvalue weighted by Crippen LogP contribution is 2.15. The third-order valence-corrected chi connectivity index (χ3v) is 3.94. The highest BCUT2D eigenvalue weighted by molar-refractivity contribution is 6.30. The molecule has 3 N–H and O–H groups in total. The van der Waals surface area contributed by atoms with Crippen molar-refractivity contribution in [3.8, 4) is 0 Å². The summed E-state index contributed by atoms with van der Waals surface area (Å²) in [5.41, 5.74) is 8.11. The van der Waals surface area contributed by atoms with Crippen LogP contribution in [0, 0.1) is 13.8 Å². The molecule has 2 rings (SSSR count). The van der Waals surface area contributed by atoms with E-state index in [0.717, 1.165) is 17.9 Å². The van der Waals surface area contributed by atoms with Gasteiger partial charge in [0.1, 0.15) is 0 Å². The molecule has 0 aliphatic heterocycles. The fourth-order valence-electron chi connectivity index (χ4n) is 2.31. The van der Waals surface area contributed by atoms with Crippen LogP contribution in [0.3, 0.4) is 0 Å². The maximum absolute atomic E-state index is 5.90. The lowest BCUT2D eigenvalue weighted by Crippen LogP contribution is -2.38. The first-order valence-electron chi connectivity index (χ1n) is 6.85. The Bertz CT molecular complexity index is 564. The van der Waals surface area contributed by atoms with Gasteiger partial charge in [0.05, 0.1) is 0 Å². The summed E-state index contributed by atoms with van der Waals surface area (Å²) in [5.74, 6) is 5.69. The van der Waals surface area contributed by atoms with Crippen LogP contribution in [0.2, 0.25) is 5.02 Å². The molecule has 0 fully saturated rings. The highest BCUT2D eigenvalue weighted by atomic mass is 35.5. The molecule has 0 bridgehead atoms. The molecule has 1 atom stereocenters.